The molecule has 4 atom stereocenters. The second kappa shape index (κ2) is 7.80. The summed E-state index contributed by atoms with van der Waals surface area (Å²) in [5, 5.41) is -0.485. The lowest BCUT2D eigenvalue weighted by Crippen LogP contribution is -2.41. The first kappa shape index (κ1) is 18.5. The first-order valence-corrected chi connectivity index (χ1v) is 10.0. The van der Waals surface area contributed by atoms with Crippen molar-refractivity contribution in [1.29, 1.82) is 0 Å². The van der Waals surface area contributed by atoms with Crippen LogP contribution in [0.4, 0.5) is 0 Å². The van der Waals surface area contributed by atoms with E-state index < -0.39 is 5.21 Å². The quantitative estimate of drug-likeness (QED) is 0.378. The molecule has 0 aromatic rings. The van der Waals surface area contributed by atoms with E-state index in [9.17, 15) is 0 Å². The average Bonchev–Trinajstić information content (AvgIpc) is 2.78. The Labute approximate surface area is 142 Å². The fraction of sp³-hybridized carbons (Fsp3) is 1.00. The van der Waals surface area contributed by atoms with Gasteiger partial charge in [-0.25, -0.2) is 0 Å². The molecule has 0 saturated heterocycles. The molecule has 122 valence electrons. The van der Waals surface area contributed by atoms with Gasteiger partial charge in [0.1, 0.15) is 0 Å². The maximum Gasteiger partial charge on any atom is 0.0631 e. The lowest BCUT2D eigenvalue weighted by atomic mass is 9.35. The second-order valence-corrected chi connectivity index (χ2v) is 8.76. The molecule has 2 bridgehead atoms. The maximum absolute atomic E-state index is 6.92. The fourth-order valence-corrected chi connectivity index (χ4v) is 5.41. The summed E-state index contributed by atoms with van der Waals surface area (Å²) in [7, 11) is 13.8. The standard InChI is InChI=1S/C20H36B2/c1-4-6-7-13-19(3,12-5-2)20(21,22)18-11-10-16-8-9-17(14-16)15-18/h16-18H,4-15H2,1-3H3. The maximum atomic E-state index is 6.92. The minimum absolute atomic E-state index is 0.102. The lowest BCUT2D eigenvalue weighted by Gasteiger charge is -2.52. The van der Waals surface area contributed by atoms with Crippen LogP contribution in [0.1, 0.15) is 97.8 Å². The van der Waals surface area contributed by atoms with E-state index in [4.69, 9.17) is 15.7 Å². The Kier molecular flexibility index (Phi) is 6.55. The summed E-state index contributed by atoms with van der Waals surface area (Å²) in [4.78, 5) is 0. The van der Waals surface area contributed by atoms with Crippen LogP contribution in [0.5, 0.6) is 0 Å². The van der Waals surface area contributed by atoms with Crippen LogP contribution in [0.2, 0.25) is 5.21 Å². The molecular formula is C20H36B2. The topological polar surface area (TPSA) is 0 Å². The van der Waals surface area contributed by atoms with Gasteiger partial charge in [-0.15, -0.1) is 0 Å². The first-order valence-electron chi connectivity index (χ1n) is 10.0. The molecule has 2 aliphatic carbocycles. The van der Waals surface area contributed by atoms with Crippen LogP contribution < -0.4 is 0 Å². The van der Waals surface area contributed by atoms with E-state index in [0.29, 0.717) is 5.92 Å². The van der Waals surface area contributed by atoms with Crippen LogP contribution in [0.25, 0.3) is 0 Å². The molecule has 0 amide bonds. The van der Waals surface area contributed by atoms with Gasteiger partial charge < -0.3 is 0 Å². The summed E-state index contributed by atoms with van der Waals surface area (Å²) in [6, 6.07) is 0. The third-order valence-corrected chi connectivity index (χ3v) is 7.05. The van der Waals surface area contributed by atoms with Gasteiger partial charge in [0.25, 0.3) is 0 Å². The highest BCUT2D eigenvalue weighted by atomic mass is 14.5. The predicted molar refractivity (Wildman–Crippen MR) is 99.5 cm³/mol. The molecule has 0 aliphatic heterocycles. The highest BCUT2D eigenvalue weighted by molar-refractivity contribution is 6.40. The van der Waals surface area contributed by atoms with Crippen LogP contribution in [0.3, 0.4) is 0 Å². The summed E-state index contributed by atoms with van der Waals surface area (Å²) in [5.41, 5.74) is 0.102. The number of rotatable bonds is 8. The van der Waals surface area contributed by atoms with E-state index in [1.165, 1.54) is 77.0 Å². The van der Waals surface area contributed by atoms with Crippen molar-refractivity contribution in [2.45, 2.75) is 103 Å². The van der Waals surface area contributed by atoms with Gasteiger partial charge in [-0.2, -0.15) is 0 Å². The Morgan fingerprint density at radius 1 is 0.818 bits per heavy atom. The molecule has 4 radical (unpaired) electrons. The molecule has 0 N–H and O–H groups in total. The van der Waals surface area contributed by atoms with Gasteiger partial charge in [0.05, 0.1) is 15.7 Å². The minimum atomic E-state index is -0.485. The van der Waals surface area contributed by atoms with Crippen molar-refractivity contribution in [3.05, 3.63) is 0 Å². The zero-order chi connectivity index (χ0) is 16.2. The van der Waals surface area contributed by atoms with Gasteiger partial charge in [0, 0.05) is 0 Å². The highest BCUT2D eigenvalue weighted by Gasteiger charge is 2.45. The van der Waals surface area contributed by atoms with E-state index >= 15 is 0 Å². The van der Waals surface area contributed by atoms with Crippen LogP contribution >= 0.6 is 0 Å². The predicted octanol–water partition coefficient (Wildman–Crippen LogP) is 6.04. The van der Waals surface area contributed by atoms with Crippen molar-refractivity contribution in [3.63, 3.8) is 0 Å². The van der Waals surface area contributed by atoms with E-state index in [1.807, 2.05) is 0 Å². The molecule has 2 aliphatic rings. The first-order chi connectivity index (χ1) is 10.4. The number of hydrogen-bond donors (Lipinski definition) is 0. The Morgan fingerprint density at radius 3 is 2.18 bits per heavy atom. The Bertz CT molecular complexity index is 339. The molecule has 2 fully saturated rings. The average molecular weight is 298 g/mol. The van der Waals surface area contributed by atoms with Crippen LogP contribution in [-0.4, -0.2) is 15.7 Å². The van der Waals surface area contributed by atoms with Crippen LogP contribution in [-0.2, 0) is 0 Å². The van der Waals surface area contributed by atoms with Gasteiger partial charge >= 0.3 is 0 Å². The summed E-state index contributed by atoms with van der Waals surface area (Å²) in [5.74, 6) is 2.41. The largest absolute Gasteiger partial charge is 0.0911 e. The van der Waals surface area contributed by atoms with E-state index in [-0.39, 0.29) is 5.41 Å². The summed E-state index contributed by atoms with van der Waals surface area (Å²) in [6.07, 6.45) is 15.7. The summed E-state index contributed by atoms with van der Waals surface area (Å²) in [6.45, 7) is 6.94. The number of hydrogen-bond acceptors (Lipinski definition) is 0. The van der Waals surface area contributed by atoms with Gasteiger partial charge in [-0.05, 0) is 42.9 Å². The molecule has 0 aromatic heterocycles. The summed E-state index contributed by atoms with van der Waals surface area (Å²) < 4.78 is 0. The van der Waals surface area contributed by atoms with Crippen molar-refractivity contribution >= 4 is 15.7 Å². The Hall–Kier alpha value is 0.130. The van der Waals surface area contributed by atoms with Crippen LogP contribution in [0.15, 0.2) is 0 Å². The van der Waals surface area contributed by atoms with E-state index in [1.54, 1.807) is 0 Å². The second-order valence-electron chi connectivity index (χ2n) is 8.76. The van der Waals surface area contributed by atoms with Crippen molar-refractivity contribution in [3.8, 4) is 0 Å². The molecule has 2 heteroatoms. The summed E-state index contributed by atoms with van der Waals surface area (Å²) >= 11 is 0. The minimum Gasteiger partial charge on any atom is -0.0911 e. The van der Waals surface area contributed by atoms with Crippen LogP contribution in [0, 0.1) is 23.2 Å². The van der Waals surface area contributed by atoms with Crippen molar-refractivity contribution in [2.75, 3.05) is 0 Å². The van der Waals surface area contributed by atoms with Gasteiger partial charge in [0.2, 0.25) is 0 Å². The number of fused-ring (bicyclic) bond motifs is 2. The van der Waals surface area contributed by atoms with Gasteiger partial charge in [-0.3, -0.25) is 0 Å². The zero-order valence-electron chi connectivity index (χ0n) is 15.4. The van der Waals surface area contributed by atoms with Crippen molar-refractivity contribution in [1.82, 2.24) is 0 Å². The third-order valence-electron chi connectivity index (χ3n) is 7.05. The van der Waals surface area contributed by atoms with Gasteiger partial charge in [-0.1, -0.05) is 83.3 Å². The molecule has 4 unspecified atom stereocenters. The molecule has 0 heterocycles. The molecule has 0 aromatic carbocycles. The molecular weight excluding hydrogens is 262 g/mol. The number of unbranched alkanes of at least 4 members (excludes halogenated alkanes) is 2. The van der Waals surface area contributed by atoms with Crippen molar-refractivity contribution < 1.29 is 0 Å². The third kappa shape index (κ3) is 3.96. The highest BCUT2D eigenvalue weighted by Crippen LogP contribution is 2.58. The van der Waals surface area contributed by atoms with E-state index in [0.717, 1.165) is 11.8 Å². The zero-order valence-corrected chi connectivity index (χ0v) is 15.4. The Morgan fingerprint density at radius 2 is 1.50 bits per heavy atom. The van der Waals surface area contributed by atoms with E-state index in [2.05, 4.69) is 20.8 Å². The lowest BCUT2D eigenvalue weighted by molar-refractivity contribution is 0.147. The van der Waals surface area contributed by atoms with Gasteiger partial charge in [0.15, 0.2) is 0 Å². The molecule has 22 heavy (non-hydrogen) atoms. The SMILES string of the molecule is [B]C([B])(C1CCC2CCC(C2)C1)C(C)(CCC)CCCCC. The molecule has 2 rings (SSSR count). The Balaban J connectivity index is 2.09. The smallest absolute Gasteiger partial charge is 0.0631 e. The monoisotopic (exact) mass is 298 g/mol. The van der Waals surface area contributed by atoms with Crippen molar-refractivity contribution in [2.24, 2.45) is 23.2 Å². The normalized spacial score (nSPS) is 31.7. The molecule has 0 spiro atoms. The molecule has 2 saturated carbocycles. The molecule has 0 nitrogen and oxygen atoms in total. The fourth-order valence-electron chi connectivity index (χ4n) is 5.41.